The Labute approximate surface area is 169 Å². The number of hydroxylamine groups is 1. The minimum atomic E-state index is -3.29. The Bertz CT molecular complexity index is 931. The third-order valence-corrected chi connectivity index (χ3v) is 4.90. The van der Waals surface area contributed by atoms with Gasteiger partial charge >= 0.3 is 0 Å². The van der Waals surface area contributed by atoms with E-state index in [1.165, 1.54) is 6.92 Å². The van der Waals surface area contributed by atoms with E-state index >= 15 is 0 Å². The fraction of sp³-hybridized carbons (Fsp3) is 0.316. The lowest BCUT2D eigenvalue weighted by Crippen LogP contribution is -2.54. The normalized spacial score (nSPS) is 14.8. The number of carbonyl (C=O) groups excluding carboxylic acids is 1. The number of hydrogen-bond donors (Lipinski definition) is 6. The Hall–Kier alpha value is -2.34. The lowest BCUT2D eigenvalue weighted by molar-refractivity contribution is -0.0463. The molecule has 3 atom stereocenters. The molecule has 2 aromatic rings. The van der Waals surface area contributed by atoms with E-state index in [1.54, 1.807) is 35.8 Å². The third-order valence-electron chi connectivity index (χ3n) is 4.24. The van der Waals surface area contributed by atoms with Gasteiger partial charge in [-0.3, -0.25) is 4.79 Å². The minimum absolute atomic E-state index is 0.176. The van der Waals surface area contributed by atoms with Crippen LogP contribution < -0.4 is 15.5 Å². The van der Waals surface area contributed by atoms with Gasteiger partial charge in [0.2, 0.25) is 10.0 Å². The molecule has 0 saturated heterocycles. The lowest BCUT2D eigenvalue weighted by atomic mass is 10.0. The minimum Gasteiger partial charge on any atom is -0.391 e. The van der Waals surface area contributed by atoms with E-state index in [2.05, 4.69) is 10.0 Å². The summed E-state index contributed by atoms with van der Waals surface area (Å²) >= 11 is 0. The largest absolute Gasteiger partial charge is 0.391 e. The standard InChI is InChI=1S/C19H25N3O6S/c1-12(23)17(19(25)22-26)21-18(24)15-8-6-14(7-9-15)16-5-3-4-13(10-16)11-20-29(2,27)28/h3-10,12,17,19-20,22-23,25-26H,11H2,1-2H3,(H,21,24)/t12-,17-,19?/m1/s1. The highest BCUT2D eigenvalue weighted by atomic mass is 32.2. The summed E-state index contributed by atoms with van der Waals surface area (Å²) in [4.78, 5) is 12.4. The number of aliphatic hydroxyl groups excluding tert-OH is 2. The molecule has 6 N–H and O–H groups in total. The molecule has 0 bridgehead atoms. The first kappa shape index (κ1) is 22.9. The predicted octanol–water partition coefficient (Wildman–Crippen LogP) is 0.179. The molecule has 0 radical (unpaired) electrons. The van der Waals surface area contributed by atoms with E-state index in [9.17, 15) is 23.4 Å². The van der Waals surface area contributed by atoms with Crippen molar-refractivity contribution in [2.75, 3.05) is 6.26 Å². The van der Waals surface area contributed by atoms with Crippen molar-refractivity contribution in [3.05, 3.63) is 59.7 Å². The monoisotopic (exact) mass is 423 g/mol. The van der Waals surface area contributed by atoms with Gasteiger partial charge in [0, 0.05) is 12.1 Å². The third kappa shape index (κ3) is 6.89. The van der Waals surface area contributed by atoms with E-state index in [1.807, 2.05) is 18.2 Å². The van der Waals surface area contributed by atoms with Crippen molar-refractivity contribution in [2.45, 2.75) is 31.8 Å². The maximum Gasteiger partial charge on any atom is 0.251 e. The zero-order valence-electron chi connectivity index (χ0n) is 16.0. The second-order valence-corrected chi connectivity index (χ2v) is 8.52. The van der Waals surface area contributed by atoms with Crippen molar-refractivity contribution in [1.29, 1.82) is 0 Å². The van der Waals surface area contributed by atoms with Crippen molar-refractivity contribution in [1.82, 2.24) is 15.5 Å². The lowest BCUT2D eigenvalue weighted by Gasteiger charge is -2.25. The van der Waals surface area contributed by atoms with Gasteiger partial charge < -0.3 is 20.7 Å². The van der Waals surface area contributed by atoms with E-state index in [4.69, 9.17) is 5.21 Å². The molecule has 0 spiro atoms. The maximum absolute atomic E-state index is 12.4. The van der Waals surface area contributed by atoms with Gasteiger partial charge in [-0.1, -0.05) is 30.3 Å². The number of sulfonamides is 1. The molecule has 0 fully saturated rings. The number of benzene rings is 2. The SMILES string of the molecule is C[C@@H](O)[C@@H](NC(=O)c1ccc(-c2cccc(CNS(C)(=O)=O)c2)cc1)C(O)NO. The molecule has 0 heterocycles. The summed E-state index contributed by atoms with van der Waals surface area (Å²) in [6.07, 6.45) is -1.53. The first-order valence-corrected chi connectivity index (χ1v) is 10.7. The number of rotatable bonds is 9. The molecule has 9 nitrogen and oxygen atoms in total. The van der Waals surface area contributed by atoms with Gasteiger partial charge in [0.25, 0.3) is 5.91 Å². The molecule has 0 aromatic heterocycles. The van der Waals surface area contributed by atoms with Crippen molar-refractivity contribution in [3.63, 3.8) is 0 Å². The van der Waals surface area contributed by atoms with Crippen LogP contribution in [0, 0.1) is 0 Å². The summed E-state index contributed by atoms with van der Waals surface area (Å²) in [5.74, 6) is -0.525. The fourth-order valence-electron chi connectivity index (χ4n) is 2.67. The molecule has 0 saturated carbocycles. The number of hydrogen-bond acceptors (Lipinski definition) is 7. The predicted molar refractivity (Wildman–Crippen MR) is 107 cm³/mol. The summed E-state index contributed by atoms with van der Waals surface area (Å²) in [5.41, 5.74) is 4.37. The Morgan fingerprint density at radius 3 is 2.28 bits per heavy atom. The van der Waals surface area contributed by atoms with Gasteiger partial charge in [-0.2, -0.15) is 5.48 Å². The molecule has 0 aliphatic rings. The van der Waals surface area contributed by atoms with Gasteiger partial charge in [0.1, 0.15) is 6.23 Å². The van der Waals surface area contributed by atoms with E-state index in [-0.39, 0.29) is 6.54 Å². The first-order chi connectivity index (χ1) is 13.6. The zero-order chi connectivity index (χ0) is 21.6. The number of amides is 1. The van der Waals surface area contributed by atoms with Crippen LogP contribution >= 0.6 is 0 Å². The highest BCUT2D eigenvalue weighted by molar-refractivity contribution is 7.88. The van der Waals surface area contributed by atoms with Crippen molar-refractivity contribution in [3.8, 4) is 11.1 Å². The Balaban J connectivity index is 2.13. The molecular weight excluding hydrogens is 398 g/mol. The molecule has 2 rings (SSSR count). The van der Waals surface area contributed by atoms with Crippen LogP contribution in [0.4, 0.5) is 0 Å². The molecule has 29 heavy (non-hydrogen) atoms. The van der Waals surface area contributed by atoms with Crippen LogP contribution in [-0.2, 0) is 16.6 Å². The number of nitrogens with one attached hydrogen (secondary N) is 3. The maximum atomic E-state index is 12.4. The van der Waals surface area contributed by atoms with Crippen LogP contribution in [0.25, 0.3) is 11.1 Å². The summed E-state index contributed by atoms with van der Waals surface area (Å²) in [6, 6.07) is 12.9. The van der Waals surface area contributed by atoms with Gasteiger partial charge in [0.15, 0.2) is 0 Å². The zero-order valence-corrected chi connectivity index (χ0v) is 16.8. The average molecular weight is 423 g/mol. The summed E-state index contributed by atoms with van der Waals surface area (Å²) < 4.78 is 24.9. The van der Waals surface area contributed by atoms with Crippen LogP contribution in [0.2, 0.25) is 0 Å². The molecule has 10 heteroatoms. The van der Waals surface area contributed by atoms with Crippen molar-refractivity contribution < 1.29 is 28.6 Å². The van der Waals surface area contributed by atoms with Gasteiger partial charge in [-0.05, 0) is 41.8 Å². The van der Waals surface area contributed by atoms with Crippen molar-refractivity contribution >= 4 is 15.9 Å². The topological polar surface area (TPSA) is 148 Å². The number of carbonyl (C=O) groups is 1. The van der Waals surface area contributed by atoms with Crippen molar-refractivity contribution in [2.24, 2.45) is 0 Å². The second-order valence-electron chi connectivity index (χ2n) is 6.68. The second kappa shape index (κ2) is 9.92. The van der Waals surface area contributed by atoms with Gasteiger partial charge in [0.05, 0.1) is 18.4 Å². The average Bonchev–Trinajstić information content (AvgIpc) is 2.69. The van der Waals surface area contributed by atoms with Crippen LogP contribution in [0.3, 0.4) is 0 Å². The molecule has 0 aliphatic carbocycles. The Morgan fingerprint density at radius 1 is 1.07 bits per heavy atom. The van der Waals surface area contributed by atoms with Crippen LogP contribution in [0.5, 0.6) is 0 Å². The molecule has 158 valence electrons. The van der Waals surface area contributed by atoms with Gasteiger partial charge in [-0.15, -0.1) is 0 Å². The summed E-state index contributed by atoms with van der Waals surface area (Å²) in [7, 11) is -3.29. The van der Waals surface area contributed by atoms with Gasteiger partial charge in [-0.25, -0.2) is 13.1 Å². The molecular formula is C19H25N3O6S. The first-order valence-electron chi connectivity index (χ1n) is 8.81. The number of aliphatic hydroxyl groups is 2. The van der Waals surface area contributed by atoms with E-state index in [0.717, 1.165) is 22.9 Å². The van der Waals surface area contributed by atoms with E-state index in [0.29, 0.717) is 5.56 Å². The van der Waals surface area contributed by atoms with Crippen LogP contribution in [-0.4, -0.2) is 54.4 Å². The Kier molecular flexibility index (Phi) is 7.85. The van der Waals surface area contributed by atoms with Crippen LogP contribution in [0.15, 0.2) is 48.5 Å². The smallest absolute Gasteiger partial charge is 0.251 e. The quantitative estimate of drug-likeness (QED) is 0.249. The molecule has 1 amide bonds. The summed E-state index contributed by atoms with van der Waals surface area (Å²) in [5, 5.41) is 30.5. The summed E-state index contributed by atoms with van der Waals surface area (Å²) in [6.45, 7) is 1.55. The fourth-order valence-corrected chi connectivity index (χ4v) is 3.10. The molecule has 0 aliphatic heterocycles. The highest BCUT2D eigenvalue weighted by Crippen LogP contribution is 2.21. The Morgan fingerprint density at radius 2 is 1.72 bits per heavy atom. The van der Waals surface area contributed by atoms with E-state index < -0.39 is 34.3 Å². The van der Waals surface area contributed by atoms with Crippen LogP contribution in [0.1, 0.15) is 22.8 Å². The molecule has 2 aromatic carbocycles. The molecule has 1 unspecified atom stereocenters. The highest BCUT2D eigenvalue weighted by Gasteiger charge is 2.25.